The molecule has 0 saturated heterocycles. The second kappa shape index (κ2) is 5.32. The zero-order valence-corrected chi connectivity index (χ0v) is 10.8. The molecule has 2 nitrogen and oxygen atoms in total. The van der Waals surface area contributed by atoms with Gasteiger partial charge in [0, 0.05) is 34.1 Å². The summed E-state index contributed by atoms with van der Waals surface area (Å²) >= 11 is 9.33. The molecule has 16 heavy (non-hydrogen) atoms. The van der Waals surface area contributed by atoms with Gasteiger partial charge in [-0.1, -0.05) is 11.6 Å². The second-order valence-electron chi connectivity index (χ2n) is 3.33. The number of benzene rings is 1. The molecule has 0 saturated carbocycles. The molecule has 1 heterocycles. The number of hydrogen-bond acceptors (Lipinski definition) is 2. The van der Waals surface area contributed by atoms with E-state index in [1.807, 2.05) is 30.3 Å². The second-order valence-corrected chi connectivity index (χ2v) is 4.62. The van der Waals surface area contributed by atoms with Crippen LogP contribution in [-0.4, -0.2) is 4.98 Å². The van der Waals surface area contributed by atoms with Crippen molar-refractivity contribution in [2.75, 3.05) is 5.32 Å². The first-order chi connectivity index (χ1) is 7.75. The van der Waals surface area contributed by atoms with E-state index in [2.05, 4.69) is 26.2 Å². The van der Waals surface area contributed by atoms with Gasteiger partial charge in [0.2, 0.25) is 0 Å². The number of hydrogen-bond donors (Lipinski definition) is 1. The number of anilines is 1. The first-order valence-electron chi connectivity index (χ1n) is 4.83. The largest absolute Gasteiger partial charge is 0.380 e. The third-order valence-corrected chi connectivity index (χ3v) is 3.05. The molecular weight excluding hydrogens is 288 g/mol. The molecule has 0 amide bonds. The lowest BCUT2D eigenvalue weighted by atomic mass is 10.2. The molecule has 2 aromatic rings. The van der Waals surface area contributed by atoms with Crippen molar-refractivity contribution in [2.24, 2.45) is 0 Å². The zero-order valence-electron chi connectivity index (χ0n) is 8.45. The maximum Gasteiger partial charge on any atom is 0.0488 e. The molecule has 0 aliphatic carbocycles. The molecule has 0 aliphatic rings. The third kappa shape index (κ3) is 2.97. The predicted molar refractivity (Wildman–Crippen MR) is 70.7 cm³/mol. The molecule has 82 valence electrons. The average molecular weight is 298 g/mol. The van der Waals surface area contributed by atoms with E-state index in [0.29, 0.717) is 0 Å². The summed E-state index contributed by atoms with van der Waals surface area (Å²) in [6, 6.07) is 9.65. The van der Waals surface area contributed by atoms with Crippen LogP contribution in [0, 0.1) is 0 Å². The van der Waals surface area contributed by atoms with Crippen LogP contribution < -0.4 is 5.32 Å². The number of nitrogens with zero attached hydrogens (tertiary/aromatic N) is 1. The Labute approximate surface area is 108 Å². The van der Waals surface area contributed by atoms with Gasteiger partial charge in [-0.25, -0.2) is 0 Å². The number of pyridine rings is 1. The Kier molecular flexibility index (Phi) is 3.80. The molecular formula is C12H10BrClN2. The monoisotopic (exact) mass is 296 g/mol. The van der Waals surface area contributed by atoms with Crippen molar-refractivity contribution in [1.29, 1.82) is 0 Å². The highest BCUT2D eigenvalue weighted by atomic mass is 79.9. The highest BCUT2D eigenvalue weighted by Gasteiger charge is 2.00. The Morgan fingerprint density at radius 2 is 1.94 bits per heavy atom. The summed E-state index contributed by atoms with van der Waals surface area (Å²) in [4.78, 5) is 3.98. The molecule has 0 spiro atoms. The van der Waals surface area contributed by atoms with Gasteiger partial charge in [0.1, 0.15) is 0 Å². The van der Waals surface area contributed by atoms with E-state index in [1.165, 1.54) is 5.56 Å². The minimum atomic E-state index is 0.723. The third-order valence-electron chi connectivity index (χ3n) is 2.16. The molecule has 0 unspecified atom stereocenters. The van der Waals surface area contributed by atoms with Crippen molar-refractivity contribution in [3.8, 4) is 0 Å². The fraction of sp³-hybridized carbons (Fsp3) is 0.0833. The molecule has 4 heteroatoms. The normalized spacial score (nSPS) is 10.1. The summed E-state index contributed by atoms with van der Waals surface area (Å²) in [5.74, 6) is 0. The maximum absolute atomic E-state index is 5.87. The topological polar surface area (TPSA) is 24.9 Å². The van der Waals surface area contributed by atoms with Crippen LogP contribution in [0.4, 0.5) is 5.69 Å². The first-order valence-corrected chi connectivity index (χ1v) is 6.00. The van der Waals surface area contributed by atoms with Gasteiger partial charge in [-0.15, -0.1) is 0 Å². The average Bonchev–Trinajstić information content (AvgIpc) is 2.29. The SMILES string of the molecule is Clc1ccc(NCc2ccncc2)c(Br)c1. The fourth-order valence-corrected chi connectivity index (χ4v) is 2.15. The van der Waals surface area contributed by atoms with Gasteiger partial charge < -0.3 is 5.32 Å². The minimum absolute atomic E-state index is 0.723. The van der Waals surface area contributed by atoms with Crippen LogP contribution in [0.2, 0.25) is 5.02 Å². The summed E-state index contributed by atoms with van der Waals surface area (Å²) in [7, 11) is 0. The van der Waals surface area contributed by atoms with E-state index in [-0.39, 0.29) is 0 Å². The maximum atomic E-state index is 5.87. The lowest BCUT2D eigenvalue weighted by molar-refractivity contribution is 1.12. The summed E-state index contributed by atoms with van der Waals surface area (Å²) in [5, 5.41) is 4.05. The van der Waals surface area contributed by atoms with E-state index in [9.17, 15) is 0 Å². The molecule has 0 radical (unpaired) electrons. The number of halogens is 2. The van der Waals surface area contributed by atoms with E-state index < -0.39 is 0 Å². The molecule has 2 rings (SSSR count). The van der Waals surface area contributed by atoms with Crippen LogP contribution in [0.25, 0.3) is 0 Å². The zero-order chi connectivity index (χ0) is 11.4. The molecule has 1 N–H and O–H groups in total. The van der Waals surface area contributed by atoms with Gasteiger partial charge >= 0.3 is 0 Å². The van der Waals surface area contributed by atoms with E-state index in [0.717, 1.165) is 21.7 Å². The van der Waals surface area contributed by atoms with Crippen LogP contribution in [0.5, 0.6) is 0 Å². The summed E-state index contributed by atoms with van der Waals surface area (Å²) in [5.41, 5.74) is 2.22. The van der Waals surface area contributed by atoms with Crippen LogP contribution in [0.1, 0.15) is 5.56 Å². The summed E-state index contributed by atoms with van der Waals surface area (Å²) < 4.78 is 0.967. The van der Waals surface area contributed by atoms with Crippen molar-refractivity contribution in [2.45, 2.75) is 6.54 Å². The Morgan fingerprint density at radius 1 is 1.19 bits per heavy atom. The fourth-order valence-electron chi connectivity index (χ4n) is 1.33. The van der Waals surface area contributed by atoms with Crippen molar-refractivity contribution >= 4 is 33.2 Å². The number of aromatic nitrogens is 1. The van der Waals surface area contributed by atoms with Crippen molar-refractivity contribution in [1.82, 2.24) is 4.98 Å². The molecule has 1 aromatic heterocycles. The van der Waals surface area contributed by atoms with Crippen molar-refractivity contribution in [3.05, 3.63) is 57.8 Å². The standard InChI is InChI=1S/C12H10BrClN2/c13-11-7-10(14)1-2-12(11)16-8-9-3-5-15-6-4-9/h1-7,16H,8H2. The summed E-state index contributed by atoms with van der Waals surface area (Å²) in [6.07, 6.45) is 3.57. The van der Waals surface area contributed by atoms with Crippen LogP contribution >= 0.6 is 27.5 Å². The van der Waals surface area contributed by atoms with Crippen LogP contribution in [0.3, 0.4) is 0 Å². The van der Waals surface area contributed by atoms with E-state index >= 15 is 0 Å². The lowest BCUT2D eigenvalue weighted by Gasteiger charge is -2.08. The van der Waals surface area contributed by atoms with E-state index in [4.69, 9.17) is 11.6 Å². The van der Waals surface area contributed by atoms with Crippen LogP contribution in [-0.2, 0) is 6.54 Å². The number of nitrogens with one attached hydrogen (secondary N) is 1. The van der Waals surface area contributed by atoms with Crippen molar-refractivity contribution < 1.29 is 0 Å². The van der Waals surface area contributed by atoms with Gasteiger partial charge in [-0.05, 0) is 51.8 Å². The Bertz CT molecular complexity index is 474. The van der Waals surface area contributed by atoms with Gasteiger partial charge in [-0.2, -0.15) is 0 Å². The number of rotatable bonds is 3. The smallest absolute Gasteiger partial charge is 0.0488 e. The molecule has 0 bridgehead atoms. The van der Waals surface area contributed by atoms with Crippen LogP contribution in [0.15, 0.2) is 47.2 Å². The molecule has 0 aliphatic heterocycles. The molecule has 0 atom stereocenters. The quantitative estimate of drug-likeness (QED) is 0.922. The highest BCUT2D eigenvalue weighted by Crippen LogP contribution is 2.26. The predicted octanol–water partition coefficient (Wildman–Crippen LogP) is 4.11. The van der Waals surface area contributed by atoms with Gasteiger partial charge in [0.25, 0.3) is 0 Å². The van der Waals surface area contributed by atoms with Crippen molar-refractivity contribution in [3.63, 3.8) is 0 Å². The molecule has 0 fully saturated rings. The summed E-state index contributed by atoms with van der Waals surface area (Å²) in [6.45, 7) is 0.767. The molecule has 1 aromatic carbocycles. The van der Waals surface area contributed by atoms with Gasteiger partial charge in [0.15, 0.2) is 0 Å². The van der Waals surface area contributed by atoms with E-state index in [1.54, 1.807) is 12.4 Å². The Hall–Kier alpha value is -1.06. The lowest BCUT2D eigenvalue weighted by Crippen LogP contribution is -1.99. The Morgan fingerprint density at radius 3 is 2.62 bits per heavy atom. The van der Waals surface area contributed by atoms with Gasteiger partial charge in [0.05, 0.1) is 0 Å². The van der Waals surface area contributed by atoms with Gasteiger partial charge in [-0.3, -0.25) is 4.98 Å². The first kappa shape index (κ1) is 11.4. The minimum Gasteiger partial charge on any atom is -0.380 e. The Balaban J connectivity index is 2.05. The highest BCUT2D eigenvalue weighted by molar-refractivity contribution is 9.10.